The van der Waals surface area contributed by atoms with E-state index in [-0.39, 0.29) is 17.7 Å². The number of carbonyl (C=O) groups is 1. The largest absolute Gasteiger partial charge is 0.334 e. The summed E-state index contributed by atoms with van der Waals surface area (Å²) in [6.45, 7) is 4.14. The topological polar surface area (TPSA) is 32.3 Å². The van der Waals surface area contributed by atoms with Crippen molar-refractivity contribution in [1.82, 2.24) is 10.2 Å². The Kier molecular flexibility index (Phi) is 6.60. The normalized spacial score (nSPS) is 25.2. The molecule has 3 nitrogen and oxygen atoms in total. The van der Waals surface area contributed by atoms with Crippen LogP contribution in [0.4, 0.5) is 0 Å². The third kappa shape index (κ3) is 3.79. The number of nitrogens with one attached hydrogen (secondary N) is 1. The van der Waals surface area contributed by atoms with Crippen LogP contribution in [0.2, 0.25) is 0 Å². The van der Waals surface area contributed by atoms with E-state index in [1.807, 2.05) is 18.2 Å². The first kappa shape index (κ1) is 17.6. The number of carbonyl (C=O) groups excluding carboxylic acids is 1. The molecule has 3 rings (SSSR count). The van der Waals surface area contributed by atoms with E-state index in [9.17, 15) is 4.79 Å². The Morgan fingerprint density at radius 2 is 2.00 bits per heavy atom. The molecule has 0 radical (unpaired) electrons. The van der Waals surface area contributed by atoms with Gasteiger partial charge < -0.3 is 10.2 Å². The molecule has 2 saturated heterocycles. The first-order valence-electron chi connectivity index (χ1n) is 8.04. The van der Waals surface area contributed by atoms with Gasteiger partial charge in [0.2, 0.25) is 5.91 Å². The summed E-state index contributed by atoms with van der Waals surface area (Å²) in [6, 6.07) is 11.2. The molecule has 2 aliphatic heterocycles. The number of thioether (sulfide) groups is 1. The highest BCUT2D eigenvalue weighted by atomic mass is 35.5. The van der Waals surface area contributed by atoms with E-state index in [1.165, 1.54) is 11.3 Å². The van der Waals surface area contributed by atoms with Gasteiger partial charge in [-0.1, -0.05) is 25.1 Å². The third-order valence-corrected chi connectivity index (χ3v) is 5.94. The molecule has 0 aliphatic carbocycles. The zero-order chi connectivity index (χ0) is 14.7. The molecule has 0 spiro atoms. The Balaban J connectivity index is 0.00000176. The van der Waals surface area contributed by atoms with Crippen LogP contribution in [0.15, 0.2) is 35.2 Å². The molecular weight excluding hydrogens is 316 g/mol. The number of halogens is 1. The summed E-state index contributed by atoms with van der Waals surface area (Å²) in [4.78, 5) is 16.4. The molecule has 1 amide bonds. The maximum atomic E-state index is 13.0. The Morgan fingerprint density at radius 1 is 1.27 bits per heavy atom. The van der Waals surface area contributed by atoms with Crippen LogP contribution in [0.5, 0.6) is 0 Å². The highest BCUT2D eigenvalue weighted by Crippen LogP contribution is 2.33. The molecular formula is C17H25ClN2OS. The number of fused-ring (bicyclic) bond motifs is 2. The zero-order valence-corrected chi connectivity index (χ0v) is 14.7. The SMILES string of the molecule is CCC(Sc1ccccc1)C(=O)N1C2CCNCC1CC2.Cl. The molecule has 3 atom stereocenters. The van der Waals surface area contributed by atoms with E-state index in [4.69, 9.17) is 0 Å². The lowest BCUT2D eigenvalue weighted by Crippen LogP contribution is -2.46. The van der Waals surface area contributed by atoms with Gasteiger partial charge in [-0.25, -0.2) is 0 Å². The van der Waals surface area contributed by atoms with Crippen LogP contribution in [0.25, 0.3) is 0 Å². The number of hydrogen-bond acceptors (Lipinski definition) is 3. The van der Waals surface area contributed by atoms with Gasteiger partial charge in [0.1, 0.15) is 0 Å². The van der Waals surface area contributed by atoms with Crippen LogP contribution in [0, 0.1) is 0 Å². The second kappa shape index (κ2) is 8.23. The zero-order valence-electron chi connectivity index (χ0n) is 13.0. The molecule has 1 aromatic carbocycles. The standard InChI is InChI=1S/C17H24N2OS.ClH/c1-2-16(21-15-6-4-3-5-7-15)17(20)19-13-8-9-14(19)12-18-11-10-13;/h3-7,13-14,16,18H,2,8-12H2,1H3;1H. The van der Waals surface area contributed by atoms with E-state index in [2.05, 4.69) is 29.3 Å². The van der Waals surface area contributed by atoms with E-state index in [0.29, 0.717) is 18.0 Å². The Hall–Kier alpha value is -0.710. The van der Waals surface area contributed by atoms with E-state index >= 15 is 0 Å². The third-order valence-electron chi connectivity index (χ3n) is 4.58. The number of rotatable bonds is 4. The van der Waals surface area contributed by atoms with Crippen LogP contribution in [0.1, 0.15) is 32.6 Å². The van der Waals surface area contributed by atoms with Gasteiger partial charge in [0, 0.05) is 23.5 Å². The number of hydrogen-bond donors (Lipinski definition) is 1. The fourth-order valence-corrected chi connectivity index (χ4v) is 4.51. The summed E-state index contributed by atoms with van der Waals surface area (Å²) >= 11 is 1.72. The van der Waals surface area contributed by atoms with Crippen molar-refractivity contribution in [3.63, 3.8) is 0 Å². The lowest BCUT2D eigenvalue weighted by Gasteiger charge is -2.31. The van der Waals surface area contributed by atoms with Crippen LogP contribution in [0.3, 0.4) is 0 Å². The highest BCUT2D eigenvalue weighted by molar-refractivity contribution is 8.00. The van der Waals surface area contributed by atoms with Crippen molar-refractivity contribution < 1.29 is 4.79 Å². The summed E-state index contributed by atoms with van der Waals surface area (Å²) < 4.78 is 0. The molecule has 2 aliphatic rings. The highest BCUT2D eigenvalue weighted by Gasteiger charge is 2.40. The summed E-state index contributed by atoms with van der Waals surface area (Å²) in [5.41, 5.74) is 0. The summed E-state index contributed by atoms with van der Waals surface area (Å²) in [5, 5.41) is 3.52. The van der Waals surface area contributed by atoms with Crippen molar-refractivity contribution in [2.45, 2.75) is 54.8 Å². The molecule has 1 aromatic rings. The van der Waals surface area contributed by atoms with Crippen molar-refractivity contribution in [2.24, 2.45) is 0 Å². The number of benzene rings is 1. The summed E-state index contributed by atoms with van der Waals surface area (Å²) in [6.07, 6.45) is 4.34. The van der Waals surface area contributed by atoms with Gasteiger partial charge in [-0.3, -0.25) is 4.79 Å². The molecule has 5 heteroatoms. The fraction of sp³-hybridized carbons (Fsp3) is 0.588. The molecule has 2 bridgehead atoms. The minimum absolute atomic E-state index is 0. The first-order valence-corrected chi connectivity index (χ1v) is 8.92. The smallest absolute Gasteiger partial charge is 0.236 e. The predicted octanol–water partition coefficient (Wildman–Crippen LogP) is 3.33. The number of nitrogens with zero attached hydrogens (tertiary/aromatic N) is 1. The molecule has 0 saturated carbocycles. The summed E-state index contributed by atoms with van der Waals surface area (Å²) in [5.74, 6) is 0.350. The van der Waals surface area contributed by atoms with Crippen molar-refractivity contribution >= 4 is 30.1 Å². The van der Waals surface area contributed by atoms with Gasteiger partial charge in [0.25, 0.3) is 0 Å². The quantitative estimate of drug-likeness (QED) is 0.853. The van der Waals surface area contributed by atoms with Crippen molar-refractivity contribution in [3.05, 3.63) is 30.3 Å². The molecule has 2 heterocycles. The predicted molar refractivity (Wildman–Crippen MR) is 94.8 cm³/mol. The molecule has 122 valence electrons. The van der Waals surface area contributed by atoms with Crippen LogP contribution < -0.4 is 5.32 Å². The fourth-order valence-electron chi connectivity index (χ4n) is 3.48. The Labute approximate surface area is 143 Å². The second-order valence-corrected chi connectivity index (χ2v) is 7.23. The lowest BCUT2D eigenvalue weighted by molar-refractivity contribution is -0.133. The van der Waals surface area contributed by atoms with Gasteiger partial charge in [-0.2, -0.15) is 0 Å². The summed E-state index contributed by atoms with van der Waals surface area (Å²) in [7, 11) is 0. The van der Waals surface area contributed by atoms with Gasteiger partial charge in [-0.15, -0.1) is 24.2 Å². The molecule has 2 fully saturated rings. The Morgan fingerprint density at radius 3 is 2.73 bits per heavy atom. The maximum absolute atomic E-state index is 13.0. The van der Waals surface area contributed by atoms with E-state index in [1.54, 1.807) is 11.8 Å². The van der Waals surface area contributed by atoms with E-state index in [0.717, 1.165) is 32.4 Å². The molecule has 22 heavy (non-hydrogen) atoms. The van der Waals surface area contributed by atoms with Crippen LogP contribution in [-0.4, -0.2) is 41.2 Å². The van der Waals surface area contributed by atoms with Crippen molar-refractivity contribution in [2.75, 3.05) is 13.1 Å². The first-order chi connectivity index (χ1) is 10.3. The Bertz CT molecular complexity index is 471. The lowest BCUT2D eigenvalue weighted by atomic mass is 10.1. The minimum atomic E-state index is 0. The average Bonchev–Trinajstić information content (AvgIpc) is 2.78. The maximum Gasteiger partial charge on any atom is 0.236 e. The van der Waals surface area contributed by atoms with Crippen molar-refractivity contribution in [1.29, 1.82) is 0 Å². The molecule has 1 N–H and O–H groups in total. The minimum Gasteiger partial charge on any atom is -0.334 e. The van der Waals surface area contributed by atoms with Gasteiger partial charge >= 0.3 is 0 Å². The second-order valence-electron chi connectivity index (χ2n) is 5.95. The van der Waals surface area contributed by atoms with Crippen LogP contribution in [-0.2, 0) is 4.79 Å². The van der Waals surface area contributed by atoms with Crippen molar-refractivity contribution in [3.8, 4) is 0 Å². The molecule has 3 unspecified atom stereocenters. The van der Waals surface area contributed by atoms with E-state index < -0.39 is 0 Å². The van der Waals surface area contributed by atoms with Gasteiger partial charge in [-0.05, 0) is 44.4 Å². The van der Waals surface area contributed by atoms with Gasteiger partial charge in [0.05, 0.1) is 5.25 Å². The monoisotopic (exact) mass is 340 g/mol. The average molecular weight is 341 g/mol. The number of amides is 1. The molecule has 0 aromatic heterocycles. The van der Waals surface area contributed by atoms with Gasteiger partial charge in [0.15, 0.2) is 0 Å². The van der Waals surface area contributed by atoms with Crippen LogP contribution >= 0.6 is 24.2 Å².